The van der Waals surface area contributed by atoms with Gasteiger partial charge in [-0.25, -0.2) is 0 Å². The number of carbonyl (C=O) groups is 2. The molecule has 0 fully saturated rings. The molecule has 0 atom stereocenters. The summed E-state index contributed by atoms with van der Waals surface area (Å²) >= 11 is 5.96. The number of ether oxygens (including phenoxy) is 2. The predicted molar refractivity (Wildman–Crippen MR) is 124 cm³/mol. The van der Waals surface area contributed by atoms with Crippen LogP contribution in [0, 0.1) is 0 Å². The number of anilines is 1. The van der Waals surface area contributed by atoms with Gasteiger partial charge in [-0.15, -0.1) is 0 Å². The predicted octanol–water partition coefficient (Wildman–Crippen LogP) is 4.75. The third-order valence-electron chi connectivity index (χ3n) is 5.14. The highest BCUT2D eigenvalue weighted by molar-refractivity contribution is 6.36. The molecule has 0 unspecified atom stereocenters. The van der Waals surface area contributed by atoms with Gasteiger partial charge in [-0.3, -0.25) is 14.5 Å². The van der Waals surface area contributed by atoms with E-state index in [1.807, 2.05) is 30.3 Å². The van der Waals surface area contributed by atoms with E-state index in [-0.39, 0.29) is 18.1 Å². The number of hydrogen-bond donors (Lipinski definition) is 1. The number of rotatable bonds is 7. The van der Waals surface area contributed by atoms with Gasteiger partial charge in [-0.05, 0) is 35.4 Å². The zero-order chi connectivity index (χ0) is 22.7. The minimum Gasteiger partial charge on any atom is -0.493 e. The Labute approximate surface area is 191 Å². The van der Waals surface area contributed by atoms with Crippen LogP contribution in [0.15, 0.2) is 78.5 Å². The summed E-state index contributed by atoms with van der Waals surface area (Å²) in [4.78, 5) is 27.9. The Morgan fingerprint density at radius 1 is 0.844 bits per heavy atom. The first kappa shape index (κ1) is 21.5. The van der Waals surface area contributed by atoms with Crippen molar-refractivity contribution < 1.29 is 19.1 Å². The summed E-state index contributed by atoms with van der Waals surface area (Å²) in [7, 11) is 3.09. The second-order valence-corrected chi connectivity index (χ2v) is 7.57. The maximum atomic E-state index is 13.4. The lowest BCUT2D eigenvalue weighted by atomic mass is 10.0. The van der Waals surface area contributed by atoms with E-state index >= 15 is 0 Å². The van der Waals surface area contributed by atoms with E-state index in [4.69, 9.17) is 21.1 Å². The second kappa shape index (κ2) is 9.16. The van der Waals surface area contributed by atoms with Crippen molar-refractivity contribution in [1.29, 1.82) is 0 Å². The average molecular weight is 449 g/mol. The Morgan fingerprint density at radius 2 is 1.53 bits per heavy atom. The van der Waals surface area contributed by atoms with Gasteiger partial charge in [-0.2, -0.15) is 0 Å². The van der Waals surface area contributed by atoms with E-state index in [2.05, 4.69) is 5.32 Å². The maximum Gasteiger partial charge on any atom is 0.278 e. The molecule has 3 aromatic rings. The van der Waals surface area contributed by atoms with E-state index in [1.165, 1.54) is 12.0 Å². The number of methoxy groups -OCH3 is 2. The first-order valence-corrected chi connectivity index (χ1v) is 10.3. The summed E-state index contributed by atoms with van der Waals surface area (Å²) in [6.07, 6.45) is 0. The van der Waals surface area contributed by atoms with Crippen LogP contribution in [0.4, 0.5) is 5.69 Å². The molecule has 4 rings (SSSR count). The van der Waals surface area contributed by atoms with Crippen molar-refractivity contribution in [2.75, 3.05) is 19.5 Å². The van der Waals surface area contributed by atoms with Gasteiger partial charge in [0.1, 0.15) is 5.70 Å². The smallest absolute Gasteiger partial charge is 0.278 e. The molecule has 0 aromatic heterocycles. The van der Waals surface area contributed by atoms with Crippen LogP contribution in [0.2, 0.25) is 5.02 Å². The second-order valence-electron chi connectivity index (χ2n) is 7.13. The third kappa shape index (κ3) is 4.18. The van der Waals surface area contributed by atoms with Gasteiger partial charge in [0.2, 0.25) is 0 Å². The van der Waals surface area contributed by atoms with Crippen LogP contribution in [0.1, 0.15) is 11.1 Å². The molecule has 0 saturated heterocycles. The minimum absolute atomic E-state index is 0.141. The Bertz CT molecular complexity index is 1190. The first-order valence-electron chi connectivity index (χ1n) is 9.91. The zero-order valence-corrected chi connectivity index (χ0v) is 18.3. The van der Waals surface area contributed by atoms with Crippen LogP contribution in [0.5, 0.6) is 11.5 Å². The summed E-state index contributed by atoms with van der Waals surface area (Å²) in [6, 6.07) is 21.4. The van der Waals surface area contributed by atoms with Crippen molar-refractivity contribution >= 4 is 34.7 Å². The molecule has 32 heavy (non-hydrogen) atoms. The number of nitrogens with one attached hydrogen (secondary N) is 1. The number of carbonyl (C=O) groups excluding carboxylic acids is 2. The largest absolute Gasteiger partial charge is 0.493 e. The van der Waals surface area contributed by atoms with E-state index in [9.17, 15) is 9.59 Å². The Hall–Kier alpha value is -3.77. The van der Waals surface area contributed by atoms with Crippen molar-refractivity contribution in [2.24, 2.45) is 0 Å². The minimum atomic E-state index is -0.404. The van der Waals surface area contributed by atoms with E-state index in [1.54, 1.807) is 49.6 Å². The molecular weight excluding hydrogens is 428 g/mol. The van der Waals surface area contributed by atoms with Crippen LogP contribution in [-0.4, -0.2) is 30.9 Å². The van der Waals surface area contributed by atoms with Crippen LogP contribution in [-0.2, 0) is 16.1 Å². The molecule has 0 aliphatic carbocycles. The van der Waals surface area contributed by atoms with Crippen molar-refractivity contribution in [3.8, 4) is 11.5 Å². The summed E-state index contributed by atoms with van der Waals surface area (Å²) in [6.45, 7) is 0.141. The van der Waals surface area contributed by atoms with E-state index in [0.717, 1.165) is 5.56 Å². The molecular formula is C25H21ClN2O4. The fourth-order valence-corrected chi connectivity index (χ4v) is 3.66. The molecule has 0 spiro atoms. The van der Waals surface area contributed by atoms with Gasteiger partial charge in [0.05, 0.1) is 26.3 Å². The molecule has 1 aliphatic rings. The number of halogens is 1. The number of benzene rings is 3. The van der Waals surface area contributed by atoms with E-state index in [0.29, 0.717) is 33.3 Å². The Balaban J connectivity index is 1.72. The average Bonchev–Trinajstić information content (AvgIpc) is 3.05. The molecule has 2 amide bonds. The highest BCUT2D eigenvalue weighted by Gasteiger charge is 2.39. The molecule has 6 nitrogen and oxygen atoms in total. The van der Waals surface area contributed by atoms with Crippen molar-refractivity contribution in [3.63, 3.8) is 0 Å². The van der Waals surface area contributed by atoms with Crippen molar-refractivity contribution in [2.45, 2.75) is 6.54 Å². The van der Waals surface area contributed by atoms with Gasteiger partial charge in [0, 0.05) is 16.8 Å². The standard InChI is InChI=1S/C25H21ClN2O4/c1-31-20-13-12-19(14-21(20)32-2)27-23-22(17-6-4-3-5-7-17)24(29)28(25(23)30)15-16-8-10-18(26)11-9-16/h3-14,27H,15H2,1-2H3. The highest BCUT2D eigenvalue weighted by atomic mass is 35.5. The highest BCUT2D eigenvalue weighted by Crippen LogP contribution is 2.34. The number of amides is 2. The maximum absolute atomic E-state index is 13.4. The number of imide groups is 1. The lowest BCUT2D eigenvalue weighted by Crippen LogP contribution is -2.32. The molecule has 0 radical (unpaired) electrons. The topological polar surface area (TPSA) is 67.9 Å². The van der Waals surface area contributed by atoms with Crippen LogP contribution in [0.3, 0.4) is 0 Å². The van der Waals surface area contributed by atoms with Gasteiger partial charge < -0.3 is 14.8 Å². The number of hydrogen-bond acceptors (Lipinski definition) is 5. The van der Waals surface area contributed by atoms with Gasteiger partial charge in [0.25, 0.3) is 11.8 Å². The molecule has 162 valence electrons. The first-order chi connectivity index (χ1) is 15.5. The van der Waals surface area contributed by atoms with E-state index < -0.39 is 5.91 Å². The molecule has 0 saturated carbocycles. The number of nitrogens with zero attached hydrogens (tertiary/aromatic N) is 1. The van der Waals surface area contributed by atoms with Crippen LogP contribution >= 0.6 is 11.6 Å². The molecule has 1 aliphatic heterocycles. The van der Waals surface area contributed by atoms with Gasteiger partial charge in [0.15, 0.2) is 11.5 Å². The fraction of sp³-hybridized carbons (Fsp3) is 0.120. The quantitative estimate of drug-likeness (QED) is 0.528. The van der Waals surface area contributed by atoms with Crippen molar-refractivity contribution in [3.05, 3.63) is 94.6 Å². The normalized spacial score (nSPS) is 13.5. The third-order valence-corrected chi connectivity index (χ3v) is 5.39. The van der Waals surface area contributed by atoms with Gasteiger partial charge >= 0.3 is 0 Å². The SMILES string of the molecule is COc1ccc(NC2=C(c3ccccc3)C(=O)N(Cc3ccc(Cl)cc3)C2=O)cc1OC. The molecule has 3 aromatic carbocycles. The lowest BCUT2D eigenvalue weighted by Gasteiger charge is -2.16. The summed E-state index contributed by atoms with van der Waals surface area (Å²) in [5.41, 5.74) is 2.59. The zero-order valence-electron chi connectivity index (χ0n) is 17.6. The molecule has 1 heterocycles. The fourth-order valence-electron chi connectivity index (χ4n) is 3.54. The lowest BCUT2D eigenvalue weighted by molar-refractivity contribution is -0.137. The van der Waals surface area contributed by atoms with Gasteiger partial charge in [-0.1, -0.05) is 54.1 Å². The van der Waals surface area contributed by atoms with Crippen LogP contribution in [0.25, 0.3) is 5.57 Å². The molecule has 1 N–H and O–H groups in total. The Morgan fingerprint density at radius 3 is 2.19 bits per heavy atom. The molecule has 7 heteroatoms. The Kier molecular flexibility index (Phi) is 6.14. The molecule has 0 bridgehead atoms. The summed E-state index contributed by atoms with van der Waals surface area (Å²) in [5, 5.41) is 3.72. The summed E-state index contributed by atoms with van der Waals surface area (Å²) < 4.78 is 10.6. The van der Waals surface area contributed by atoms with Crippen molar-refractivity contribution in [1.82, 2.24) is 4.90 Å². The van der Waals surface area contributed by atoms with Crippen LogP contribution < -0.4 is 14.8 Å². The monoisotopic (exact) mass is 448 g/mol. The summed E-state index contributed by atoms with van der Waals surface area (Å²) in [5.74, 6) is 0.306.